The van der Waals surface area contributed by atoms with Crippen LogP contribution < -0.4 is 0 Å². The molecule has 0 spiro atoms. The molecular weight excluding hydrogens is 390 g/mol. The summed E-state index contributed by atoms with van der Waals surface area (Å²) in [5.41, 5.74) is 0. The molecule has 2 aliphatic heterocycles. The minimum atomic E-state index is -1.48. The Morgan fingerprint density at radius 1 is 1.35 bits per heavy atom. The number of alkyl halides is 1. The second-order valence-corrected chi connectivity index (χ2v) is 9.03. The van der Waals surface area contributed by atoms with Crippen LogP contribution in [0.25, 0.3) is 0 Å². The average molecular weight is 410 g/mol. The van der Waals surface area contributed by atoms with E-state index in [9.17, 15) is 14.4 Å². The van der Waals surface area contributed by atoms with E-state index in [1.807, 2.05) is 13.8 Å². The topological polar surface area (TPSA) is 82.1 Å². The van der Waals surface area contributed by atoms with Crippen LogP contribution in [-0.4, -0.2) is 56.3 Å². The summed E-state index contributed by atoms with van der Waals surface area (Å²) in [4.78, 5) is 37.2. The Balaban J connectivity index is 2.07. The van der Waals surface area contributed by atoms with Crippen molar-refractivity contribution in [3.63, 3.8) is 0 Å². The van der Waals surface area contributed by atoms with Crippen molar-refractivity contribution in [1.29, 1.82) is 0 Å². The zero-order valence-electron chi connectivity index (χ0n) is 13.6. The zero-order chi connectivity index (χ0) is 17.6. The molecule has 2 heterocycles. The Morgan fingerprint density at radius 2 is 1.96 bits per heavy atom. The van der Waals surface area contributed by atoms with Gasteiger partial charge < -0.3 is 19.1 Å². The fraction of sp³-hybridized carbons (Fsp3) is 0.786. The summed E-state index contributed by atoms with van der Waals surface area (Å²) in [6, 6.07) is -0.733. The van der Waals surface area contributed by atoms with Gasteiger partial charge in [-0.15, -0.1) is 11.8 Å². The molecule has 0 saturated carbocycles. The number of ether oxygens (including phenoxy) is 3. The smallest absolute Gasteiger partial charge is 0.434 e. The first kappa shape index (κ1) is 18.4. The van der Waals surface area contributed by atoms with E-state index >= 15 is 0 Å². The molecule has 1 amide bonds. The molecule has 0 aromatic heterocycles. The van der Waals surface area contributed by atoms with Crippen LogP contribution in [0.15, 0.2) is 0 Å². The maximum atomic E-state index is 12.6. The Kier molecular flexibility index (Phi) is 4.92. The molecule has 0 aromatic carbocycles. The number of carbonyl (C=O) groups is 3. The van der Waals surface area contributed by atoms with Gasteiger partial charge in [0.25, 0.3) is 5.79 Å². The number of thioether (sulfide) groups is 1. The Hall–Kier alpha value is -0.960. The largest absolute Gasteiger partial charge is 0.511 e. The number of hydrogen-bond acceptors (Lipinski definition) is 7. The van der Waals surface area contributed by atoms with Crippen molar-refractivity contribution in [1.82, 2.24) is 4.90 Å². The second-order valence-electron chi connectivity index (χ2n) is 6.27. The van der Waals surface area contributed by atoms with Gasteiger partial charge in [0.05, 0.1) is 6.61 Å². The van der Waals surface area contributed by atoms with E-state index in [0.29, 0.717) is 0 Å². The summed E-state index contributed by atoms with van der Waals surface area (Å²) in [7, 11) is 0. The fourth-order valence-corrected chi connectivity index (χ4v) is 4.97. The van der Waals surface area contributed by atoms with E-state index in [-0.39, 0.29) is 22.7 Å². The molecule has 2 aliphatic rings. The summed E-state index contributed by atoms with van der Waals surface area (Å²) in [5.74, 6) is -2.23. The van der Waals surface area contributed by atoms with Crippen LogP contribution in [0, 0.1) is 0 Å². The van der Waals surface area contributed by atoms with Crippen molar-refractivity contribution in [3.8, 4) is 0 Å². The molecule has 7 nitrogen and oxygen atoms in total. The SMILES string of the molecule is CCOC(=O)OC(C)(C)OC(=O)[C@@H]1N2C(=O)[C@@H](Br)[C@H]2SC1(C)C. The molecule has 0 aliphatic carbocycles. The van der Waals surface area contributed by atoms with Crippen LogP contribution >= 0.6 is 27.7 Å². The van der Waals surface area contributed by atoms with Gasteiger partial charge in [-0.1, -0.05) is 15.9 Å². The Labute approximate surface area is 147 Å². The number of rotatable bonds is 4. The van der Waals surface area contributed by atoms with E-state index < -0.39 is 28.7 Å². The molecule has 0 radical (unpaired) electrons. The quantitative estimate of drug-likeness (QED) is 0.304. The van der Waals surface area contributed by atoms with Gasteiger partial charge in [0, 0.05) is 18.6 Å². The highest BCUT2D eigenvalue weighted by molar-refractivity contribution is 9.10. The molecule has 0 N–H and O–H groups in total. The Bertz CT molecular complexity index is 537. The number of nitrogens with zero attached hydrogens (tertiary/aromatic N) is 1. The predicted octanol–water partition coefficient (Wildman–Crippen LogP) is 2.26. The lowest BCUT2D eigenvalue weighted by Gasteiger charge is -2.41. The van der Waals surface area contributed by atoms with Gasteiger partial charge in [-0.25, -0.2) is 9.59 Å². The first-order valence-electron chi connectivity index (χ1n) is 7.23. The van der Waals surface area contributed by atoms with E-state index in [0.717, 1.165) is 0 Å². The highest BCUT2D eigenvalue weighted by Crippen LogP contribution is 2.53. The lowest BCUT2D eigenvalue weighted by atomic mass is 9.98. The van der Waals surface area contributed by atoms with Crippen LogP contribution in [0.2, 0.25) is 0 Å². The number of esters is 1. The lowest BCUT2D eigenvalue weighted by molar-refractivity contribution is -0.207. The zero-order valence-corrected chi connectivity index (χ0v) is 16.0. The molecule has 2 fully saturated rings. The third kappa shape index (κ3) is 3.45. The molecule has 23 heavy (non-hydrogen) atoms. The van der Waals surface area contributed by atoms with Gasteiger partial charge in [0.1, 0.15) is 16.2 Å². The molecule has 2 rings (SSSR count). The van der Waals surface area contributed by atoms with E-state index in [1.54, 1.807) is 6.92 Å². The van der Waals surface area contributed by atoms with Crippen molar-refractivity contribution < 1.29 is 28.6 Å². The van der Waals surface area contributed by atoms with Crippen molar-refractivity contribution in [2.24, 2.45) is 0 Å². The van der Waals surface area contributed by atoms with Crippen LogP contribution in [0.5, 0.6) is 0 Å². The van der Waals surface area contributed by atoms with Gasteiger partial charge in [-0.3, -0.25) is 4.79 Å². The highest BCUT2D eigenvalue weighted by Gasteiger charge is 2.63. The summed E-state index contributed by atoms with van der Waals surface area (Å²) in [6.45, 7) is 8.46. The normalized spacial score (nSPS) is 28.7. The molecule has 0 unspecified atom stereocenters. The molecule has 9 heteroatoms. The summed E-state index contributed by atoms with van der Waals surface area (Å²) in [5, 5.41) is -0.0934. The number of β-lactam (4-membered cyclic amide) rings is 1. The van der Waals surface area contributed by atoms with Crippen LogP contribution in [0.4, 0.5) is 4.79 Å². The predicted molar refractivity (Wildman–Crippen MR) is 87.1 cm³/mol. The number of carbonyl (C=O) groups excluding carboxylic acids is 3. The molecular formula is C14H20BrNO6S. The van der Waals surface area contributed by atoms with E-state index in [1.165, 1.54) is 30.5 Å². The maximum absolute atomic E-state index is 12.6. The van der Waals surface area contributed by atoms with Gasteiger partial charge >= 0.3 is 12.1 Å². The number of hydrogen-bond donors (Lipinski definition) is 0. The lowest BCUT2D eigenvalue weighted by Crippen LogP contribution is -2.64. The Morgan fingerprint density at radius 3 is 2.52 bits per heavy atom. The minimum Gasteiger partial charge on any atom is -0.434 e. The molecule has 0 aromatic rings. The fourth-order valence-electron chi connectivity index (χ4n) is 2.61. The van der Waals surface area contributed by atoms with Gasteiger partial charge in [-0.2, -0.15) is 0 Å². The van der Waals surface area contributed by atoms with Crippen molar-refractivity contribution >= 4 is 45.7 Å². The average Bonchev–Trinajstić information content (AvgIpc) is 2.66. The summed E-state index contributed by atoms with van der Waals surface area (Å²) >= 11 is 4.86. The van der Waals surface area contributed by atoms with Crippen molar-refractivity contribution in [2.45, 2.75) is 61.4 Å². The van der Waals surface area contributed by atoms with E-state index in [2.05, 4.69) is 20.7 Å². The standard InChI is InChI=1S/C14H20BrNO6S/c1-6-20-12(19)22-14(4,5)21-11(18)8-13(2,3)23-10-7(15)9(17)16(8)10/h7-8,10H,6H2,1-5H3/t7-,8+,10-/m1/s1. The van der Waals surface area contributed by atoms with Crippen LogP contribution in [0.3, 0.4) is 0 Å². The van der Waals surface area contributed by atoms with Crippen molar-refractivity contribution in [3.05, 3.63) is 0 Å². The minimum absolute atomic E-state index is 0.0934. The highest BCUT2D eigenvalue weighted by atomic mass is 79.9. The van der Waals surface area contributed by atoms with Gasteiger partial charge in [0.2, 0.25) is 5.91 Å². The monoisotopic (exact) mass is 409 g/mol. The second kappa shape index (κ2) is 6.16. The number of fused-ring (bicyclic) bond motifs is 1. The van der Waals surface area contributed by atoms with Crippen LogP contribution in [0.1, 0.15) is 34.6 Å². The number of amides is 1. The first-order chi connectivity index (χ1) is 10.5. The molecule has 130 valence electrons. The molecule has 0 bridgehead atoms. The van der Waals surface area contributed by atoms with Gasteiger partial charge in [-0.05, 0) is 20.8 Å². The van der Waals surface area contributed by atoms with Crippen LogP contribution in [-0.2, 0) is 23.8 Å². The van der Waals surface area contributed by atoms with E-state index in [4.69, 9.17) is 9.47 Å². The van der Waals surface area contributed by atoms with Crippen molar-refractivity contribution in [2.75, 3.05) is 6.61 Å². The number of halogens is 1. The first-order valence-corrected chi connectivity index (χ1v) is 9.02. The molecule has 2 saturated heterocycles. The summed E-state index contributed by atoms with van der Waals surface area (Å²) in [6.07, 6.45) is -0.913. The maximum Gasteiger partial charge on any atom is 0.511 e. The van der Waals surface area contributed by atoms with Gasteiger partial charge in [0.15, 0.2) is 0 Å². The molecule has 3 atom stereocenters. The third-order valence-corrected chi connectivity index (χ3v) is 6.35. The summed E-state index contributed by atoms with van der Waals surface area (Å²) < 4.78 is 14.5. The third-order valence-electron chi connectivity index (χ3n) is 3.54.